The van der Waals surface area contributed by atoms with E-state index in [4.69, 9.17) is 0 Å². The minimum Gasteiger partial charge on any atom is -0.355 e. The van der Waals surface area contributed by atoms with E-state index in [0.717, 1.165) is 26.1 Å². The Balaban J connectivity index is 1.69. The molecule has 0 bridgehead atoms. The third kappa shape index (κ3) is 2.72. The zero-order valence-corrected chi connectivity index (χ0v) is 9.66. The summed E-state index contributed by atoms with van der Waals surface area (Å²) in [5.41, 5.74) is 0. The molecule has 2 unspecified atom stereocenters. The molecule has 90 valence electrons. The fraction of sp³-hybridized carbons (Fsp3) is 0.818. The molecule has 0 aromatic rings. The lowest BCUT2D eigenvalue weighted by molar-refractivity contribution is -0.126. The van der Waals surface area contributed by atoms with Crippen LogP contribution in [0.15, 0.2) is 0 Å². The summed E-state index contributed by atoms with van der Waals surface area (Å²) >= 11 is 0. The van der Waals surface area contributed by atoms with Crippen molar-refractivity contribution in [1.29, 1.82) is 0 Å². The molecule has 0 aromatic heterocycles. The molecule has 2 atom stereocenters. The van der Waals surface area contributed by atoms with Crippen LogP contribution in [0.1, 0.15) is 12.8 Å². The monoisotopic (exact) mass is 225 g/mol. The summed E-state index contributed by atoms with van der Waals surface area (Å²) in [6.45, 7) is 3.41. The molecular formula is C11H19N3O2. The summed E-state index contributed by atoms with van der Waals surface area (Å²) < 4.78 is 0. The Morgan fingerprint density at radius 1 is 1.62 bits per heavy atom. The number of likely N-dealkylation sites (tertiary alicyclic amines) is 1. The quantitative estimate of drug-likeness (QED) is 0.660. The second kappa shape index (κ2) is 4.82. The molecule has 2 amide bonds. The van der Waals surface area contributed by atoms with Gasteiger partial charge in [0.2, 0.25) is 11.8 Å². The van der Waals surface area contributed by atoms with Gasteiger partial charge >= 0.3 is 0 Å². The average Bonchev–Trinajstić information content (AvgIpc) is 2.84. The zero-order chi connectivity index (χ0) is 11.5. The number of carbonyl (C=O) groups excluding carboxylic acids is 2. The molecule has 5 heteroatoms. The number of hydrogen-bond donors (Lipinski definition) is 2. The minimum absolute atomic E-state index is 0.0132. The maximum atomic E-state index is 11.7. The normalized spacial score (nSPS) is 30.4. The first kappa shape index (κ1) is 11.4. The van der Waals surface area contributed by atoms with Crippen molar-refractivity contribution >= 4 is 11.8 Å². The SMILES string of the molecule is CN1CCC(CNC(=O)C2CNC(=O)C2)C1. The largest absolute Gasteiger partial charge is 0.355 e. The van der Waals surface area contributed by atoms with E-state index in [1.54, 1.807) is 0 Å². The van der Waals surface area contributed by atoms with Crippen LogP contribution in [-0.4, -0.2) is 49.9 Å². The minimum atomic E-state index is -0.161. The van der Waals surface area contributed by atoms with Gasteiger partial charge in [0, 0.05) is 26.1 Å². The van der Waals surface area contributed by atoms with Crippen molar-refractivity contribution in [1.82, 2.24) is 15.5 Å². The van der Waals surface area contributed by atoms with E-state index in [2.05, 4.69) is 22.6 Å². The Hall–Kier alpha value is -1.10. The fourth-order valence-corrected chi connectivity index (χ4v) is 2.37. The van der Waals surface area contributed by atoms with Gasteiger partial charge in [-0.15, -0.1) is 0 Å². The van der Waals surface area contributed by atoms with Crippen LogP contribution in [0.4, 0.5) is 0 Å². The van der Waals surface area contributed by atoms with Gasteiger partial charge in [-0.25, -0.2) is 0 Å². The molecular weight excluding hydrogens is 206 g/mol. The van der Waals surface area contributed by atoms with Gasteiger partial charge < -0.3 is 15.5 Å². The topological polar surface area (TPSA) is 61.4 Å². The Morgan fingerprint density at radius 3 is 3.00 bits per heavy atom. The van der Waals surface area contributed by atoms with Crippen LogP contribution in [0.5, 0.6) is 0 Å². The third-order valence-electron chi connectivity index (χ3n) is 3.40. The summed E-state index contributed by atoms with van der Waals surface area (Å²) in [6.07, 6.45) is 1.50. The van der Waals surface area contributed by atoms with Crippen molar-refractivity contribution in [2.75, 3.05) is 33.2 Å². The summed E-state index contributed by atoms with van der Waals surface area (Å²) in [4.78, 5) is 25.0. The number of nitrogens with zero attached hydrogens (tertiary/aromatic N) is 1. The lowest BCUT2D eigenvalue weighted by Gasteiger charge is -2.13. The standard InChI is InChI=1S/C11H19N3O2/c1-14-3-2-8(7-14)5-13-11(16)9-4-10(15)12-6-9/h8-9H,2-7H2,1H3,(H,12,15)(H,13,16). The van der Waals surface area contributed by atoms with Gasteiger partial charge in [0.25, 0.3) is 0 Å². The van der Waals surface area contributed by atoms with Gasteiger partial charge in [-0.3, -0.25) is 9.59 Å². The molecule has 0 radical (unpaired) electrons. The molecule has 2 N–H and O–H groups in total. The Morgan fingerprint density at radius 2 is 2.44 bits per heavy atom. The van der Waals surface area contributed by atoms with E-state index >= 15 is 0 Å². The molecule has 2 aliphatic rings. The Kier molecular flexibility index (Phi) is 3.43. The van der Waals surface area contributed by atoms with E-state index in [9.17, 15) is 9.59 Å². The molecule has 0 aliphatic carbocycles. The van der Waals surface area contributed by atoms with E-state index < -0.39 is 0 Å². The average molecular weight is 225 g/mol. The van der Waals surface area contributed by atoms with Gasteiger partial charge in [0.15, 0.2) is 0 Å². The molecule has 2 aliphatic heterocycles. The van der Waals surface area contributed by atoms with Crippen molar-refractivity contribution in [2.24, 2.45) is 11.8 Å². The van der Waals surface area contributed by atoms with Crippen molar-refractivity contribution in [2.45, 2.75) is 12.8 Å². The predicted molar refractivity (Wildman–Crippen MR) is 59.7 cm³/mol. The summed E-state index contributed by atoms with van der Waals surface area (Å²) in [5, 5.41) is 5.63. The van der Waals surface area contributed by atoms with Crippen molar-refractivity contribution < 1.29 is 9.59 Å². The first-order valence-electron chi connectivity index (χ1n) is 5.88. The van der Waals surface area contributed by atoms with Crippen LogP contribution < -0.4 is 10.6 Å². The number of rotatable bonds is 3. The van der Waals surface area contributed by atoms with Crippen molar-refractivity contribution in [3.05, 3.63) is 0 Å². The van der Waals surface area contributed by atoms with Crippen molar-refractivity contribution in [3.8, 4) is 0 Å². The van der Waals surface area contributed by atoms with Gasteiger partial charge in [-0.1, -0.05) is 0 Å². The van der Waals surface area contributed by atoms with Gasteiger partial charge in [-0.2, -0.15) is 0 Å². The Bertz CT molecular complexity index is 293. The van der Waals surface area contributed by atoms with Gasteiger partial charge in [0.1, 0.15) is 0 Å². The molecule has 16 heavy (non-hydrogen) atoms. The molecule has 2 saturated heterocycles. The van der Waals surface area contributed by atoms with E-state index in [-0.39, 0.29) is 17.7 Å². The van der Waals surface area contributed by atoms with Crippen LogP contribution in [0, 0.1) is 11.8 Å². The fourth-order valence-electron chi connectivity index (χ4n) is 2.37. The number of carbonyl (C=O) groups is 2. The molecule has 2 rings (SSSR count). The first-order valence-corrected chi connectivity index (χ1v) is 5.88. The first-order chi connectivity index (χ1) is 7.65. The molecule has 2 fully saturated rings. The number of hydrogen-bond acceptors (Lipinski definition) is 3. The highest BCUT2D eigenvalue weighted by molar-refractivity contribution is 5.89. The van der Waals surface area contributed by atoms with Gasteiger partial charge in [0.05, 0.1) is 5.92 Å². The van der Waals surface area contributed by atoms with Crippen LogP contribution in [0.25, 0.3) is 0 Å². The molecule has 0 aromatic carbocycles. The van der Waals surface area contributed by atoms with E-state index in [0.29, 0.717) is 18.9 Å². The van der Waals surface area contributed by atoms with E-state index in [1.807, 2.05) is 0 Å². The highest BCUT2D eigenvalue weighted by Crippen LogP contribution is 2.14. The Labute approximate surface area is 95.6 Å². The van der Waals surface area contributed by atoms with Crippen LogP contribution in [0.2, 0.25) is 0 Å². The van der Waals surface area contributed by atoms with Crippen molar-refractivity contribution in [3.63, 3.8) is 0 Å². The highest BCUT2D eigenvalue weighted by atomic mass is 16.2. The summed E-state index contributed by atoms with van der Waals surface area (Å²) in [6, 6.07) is 0. The van der Waals surface area contributed by atoms with Gasteiger partial charge in [-0.05, 0) is 25.9 Å². The maximum absolute atomic E-state index is 11.7. The maximum Gasteiger partial charge on any atom is 0.225 e. The van der Waals surface area contributed by atoms with Crippen LogP contribution in [0.3, 0.4) is 0 Å². The molecule has 0 spiro atoms. The predicted octanol–water partition coefficient (Wildman–Crippen LogP) is -0.810. The van der Waals surface area contributed by atoms with Crippen LogP contribution in [-0.2, 0) is 9.59 Å². The van der Waals surface area contributed by atoms with Crippen LogP contribution >= 0.6 is 0 Å². The lowest BCUT2D eigenvalue weighted by atomic mass is 10.1. The smallest absolute Gasteiger partial charge is 0.225 e. The highest BCUT2D eigenvalue weighted by Gasteiger charge is 2.28. The van der Waals surface area contributed by atoms with E-state index in [1.165, 1.54) is 0 Å². The summed E-state index contributed by atoms with van der Waals surface area (Å²) in [7, 11) is 2.10. The zero-order valence-electron chi connectivity index (χ0n) is 9.66. The second-order valence-electron chi connectivity index (χ2n) is 4.87. The lowest BCUT2D eigenvalue weighted by Crippen LogP contribution is -2.35. The summed E-state index contributed by atoms with van der Waals surface area (Å²) in [5.74, 6) is 0.416. The molecule has 0 saturated carbocycles. The number of nitrogens with one attached hydrogen (secondary N) is 2. The third-order valence-corrected chi connectivity index (χ3v) is 3.40. The molecule has 5 nitrogen and oxygen atoms in total. The molecule has 2 heterocycles. The number of amides is 2. The second-order valence-corrected chi connectivity index (χ2v) is 4.87.